The van der Waals surface area contributed by atoms with Crippen molar-refractivity contribution in [2.75, 3.05) is 0 Å². The standard InChI is InChI=1S/C18H12BrNO2/c19-13-7-9-17-15(10-13)16(18(21)22)11-14(20-17)8-6-12-4-2-1-3-5-12/h1-11H,(H,21,22)/b8-6+. The minimum absolute atomic E-state index is 0.249. The first-order valence-electron chi connectivity index (χ1n) is 6.70. The van der Waals surface area contributed by atoms with Crippen LogP contribution >= 0.6 is 15.9 Å². The van der Waals surface area contributed by atoms with Gasteiger partial charge >= 0.3 is 5.97 Å². The van der Waals surface area contributed by atoms with Gasteiger partial charge in [0.2, 0.25) is 0 Å². The third-order valence-electron chi connectivity index (χ3n) is 3.27. The molecule has 0 saturated carbocycles. The van der Waals surface area contributed by atoms with Crippen molar-refractivity contribution in [1.82, 2.24) is 4.98 Å². The Morgan fingerprint density at radius 3 is 2.55 bits per heavy atom. The molecule has 22 heavy (non-hydrogen) atoms. The Kier molecular flexibility index (Phi) is 4.02. The molecule has 1 heterocycles. The molecular formula is C18H12BrNO2. The summed E-state index contributed by atoms with van der Waals surface area (Å²) in [6.07, 6.45) is 3.74. The Hall–Kier alpha value is -2.46. The van der Waals surface area contributed by atoms with E-state index >= 15 is 0 Å². The fourth-order valence-corrected chi connectivity index (χ4v) is 2.59. The highest BCUT2D eigenvalue weighted by Gasteiger charge is 2.11. The number of aromatic nitrogens is 1. The number of aromatic carboxylic acids is 1. The molecule has 0 aliphatic carbocycles. The van der Waals surface area contributed by atoms with Crippen LogP contribution in [0.25, 0.3) is 23.1 Å². The number of benzene rings is 2. The quantitative estimate of drug-likeness (QED) is 0.730. The van der Waals surface area contributed by atoms with E-state index in [0.717, 1.165) is 10.0 Å². The van der Waals surface area contributed by atoms with Gasteiger partial charge in [-0.1, -0.05) is 52.3 Å². The van der Waals surface area contributed by atoms with Crippen LogP contribution in [0, 0.1) is 0 Å². The molecule has 0 spiro atoms. The molecule has 3 aromatic rings. The van der Waals surface area contributed by atoms with Gasteiger partial charge in [-0.3, -0.25) is 0 Å². The van der Waals surface area contributed by atoms with Gasteiger partial charge in [-0.15, -0.1) is 0 Å². The first-order chi connectivity index (χ1) is 10.6. The molecule has 108 valence electrons. The predicted molar refractivity (Wildman–Crippen MR) is 91.8 cm³/mol. The number of carbonyl (C=O) groups is 1. The molecule has 0 atom stereocenters. The Bertz CT molecular complexity index is 873. The maximum absolute atomic E-state index is 11.5. The van der Waals surface area contributed by atoms with Crippen LogP contribution in [0.15, 0.2) is 59.1 Å². The van der Waals surface area contributed by atoms with E-state index < -0.39 is 5.97 Å². The molecule has 0 amide bonds. The summed E-state index contributed by atoms with van der Waals surface area (Å²) in [5.41, 5.74) is 2.57. The number of carboxylic acids is 1. The molecule has 1 N–H and O–H groups in total. The van der Waals surface area contributed by atoms with Crippen molar-refractivity contribution in [1.29, 1.82) is 0 Å². The lowest BCUT2D eigenvalue weighted by atomic mass is 10.1. The molecule has 2 aromatic carbocycles. The zero-order valence-electron chi connectivity index (χ0n) is 11.5. The van der Waals surface area contributed by atoms with Gasteiger partial charge in [0, 0.05) is 9.86 Å². The lowest BCUT2D eigenvalue weighted by Gasteiger charge is -2.05. The fourth-order valence-electron chi connectivity index (χ4n) is 2.23. The summed E-state index contributed by atoms with van der Waals surface area (Å²) in [6.45, 7) is 0. The highest BCUT2D eigenvalue weighted by molar-refractivity contribution is 9.10. The average Bonchev–Trinajstić information content (AvgIpc) is 2.53. The molecule has 0 radical (unpaired) electrons. The predicted octanol–water partition coefficient (Wildman–Crippen LogP) is 4.87. The van der Waals surface area contributed by atoms with Crippen LogP contribution in [0.1, 0.15) is 21.6 Å². The summed E-state index contributed by atoms with van der Waals surface area (Å²) in [5.74, 6) is -0.958. The van der Waals surface area contributed by atoms with Crippen molar-refractivity contribution < 1.29 is 9.90 Å². The first kappa shape index (κ1) is 14.5. The van der Waals surface area contributed by atoms with Crippen molar-refractivity contribution in [2.45, 2.75) is 0 Å². The van der Waals surface area contributed by atoms with Crippen LogP contribution in [-0.4, -0.2) is 16.1 Å². The molecule has 0 bridgehead atoms. The van der Waals surface area contributed by atoms with E-state index in [1.165, 1.54) is 0 Å². The summed E-state index contributed by atoms with van der Waals surface area (Å²) >= 11 is 3.36. The topological polar surface area (TPSA) is 50.2 Å². The van der Waals surface area contributed by atoms with Crippen LogP contribution in [0.2, 0.25) is 0 Å². The number of hydrogen-bond donors (Lipinski definition) is 1. The second-order valence-corrected chi connectivity index (χ2v) is 5.72. The minimum Gasteiger partial charge on any atom is -0.478 e. The summed E-state index contributed by atoms with van der Waals surface area (Å²) in [5, 5.41) is 10.0. The summed E-state index contributed by atoms with van der Waals surface area (Å²) in [6, 6.07) is 16.8. The maximum Gasteiger partial charge on any atom is 0.336 e. The SMILES string of the molecule is O=C(O)c1cc(/C=C/c2ccccc2)nc2ccc(Br)cc12. The highest BCUT2D eigenvalue weighted by Crippen LogP contribution is 2.23. The zero-order valence-corrected chi connectivity index (χ0v) is 13.1. The monoisotopic (exact) mass is 353 g/mol. The third kappa shape index (κ3) is 3.07. The number of carboxylic acid groups (broad SMARTS) is 1. The molecule has 0 aliphatic heterocycles. The van der Waals surface area contributed by atoms with E-state index in [9.17, 15) is 9.90 Å². The van der Waals surface area contributed by atoms with Crippen LogP contribution in [0.3, 0.4) is 0 Å². The van der Waals surface area contributed by atoms with Gasteiger partial charge in [0.15, 0.2) is 0 Å². The molecule has 4 heteroatoms. The number of pyridine rings is 1. The third-order valence-corrected chi connectivity index (χ3v) is 3.76. The van der Waals surface area contributed by atoms with Crippen LogP contribution in [0.5, 0.6) is 0 Å². The highest BCUT2D eigenvalue weighted by atomic mass is 79.9. The van der Waals surface area contributed by atoms with Crippen molar-refractivity contribution >= 4 is 45.0 Å². The van der Waals surface area contributed by atoms with Gasteiger partial charge in [0.05, 0.1) is 16.8 Å². The molecule has 0 unspecified atom stereocenters. The van der Waals surface area contributed by atoms with Crippen molar-refractivity contribution in [3.05, 3.63) is 75.9 Å². The van der Waals surface area contributed by atoms with E-state index in [0.29, 0.717) is 16.6 Å². The molecule has 3 nitrogen and oxygen atoms in total. The van der Waals surface area contributed by atoms with Gasteiger partial charge in [-0.2, -0.15) is 0 Å². The normalized spacial score (nSPS) is 11.1. The summed E-state index contributed by atoms with van der Waals surface area (Å²) in [4.78, 5) is 16.0. The largest absolute Gasteiger partial charge is 0.478 e. The van der Waals surface area contributed by atoms with Crippen molar-refractivity contribution in [3.63, 3.8) is 0 Å². The fraction of sp³-hybridized carbons (Fsp3) is 0. The smallest absolute Gasteiger partial charge is 0.336 e. The molecule has 3 rings (SSSR count). The minimum atomic E-state index is -0.958. The second-order valence-electron chi connectivity index (χ2n) is 4.81. The Morgan fingerprint density at radius 2 is 1.82 bits per heavy atom. The van der Waals surface area contributed by atoms with Crippen molar-refractivity contribution in [2.24, 2.45) is 0 Å². The van der Waals surface area contributed by atoms with Gasteiger partial charge in [0.25, 0.3) is 0 Å². The van der Waals surface area contributed by atoms with Gasteiger partial charge in [-0.05, 0) is 35.9 Å². The number of fused-ring (bicyclic) bond motifs is 1. The van der Waals surface area contributed by atoms with Gasteiger partial charge in [-0.25, -0.2) is 9.78 Å². The Labute approximate surface area is 136 Å². The van der Waals surface area contributed by atoms with Crippen LogP contribution in [-0.2, 0) is 0 Å². The number of nitrogens with zero attached hydrogens (tertiary/aromatic N) is 1. The summed E-state index contributed by atoms with van der Waals surface area (Å²) < 4.78 is 0.830. The zero-order chi connectivity index (χ0) is 15.5. The first-order valence-corrected chi connectivity index (χ1v) is 7.49. The van der Waals surface area contributed by atoms with Gasteiger partial charge < -0.3 is 5.11 Å². The van der Waals surface area contributed by atoms with Crippen LogP contribution in [0.4, 0.5) is 0 Å². The Balaban J connectivity index is 2.09. The molecule has 0 saturated heterocycles. The average molecular weight is 354 g/mol. The lowest BCUT2D eigenvalue weighted by molar-refractivity contribution is 0.0699. The van der Waals surface area contributed by atoms with E-state index in [-0.39, 0.29) is 5.56 Å². The van der Waals surface area contributed by atoms with E-state index in [1.807, 2.05) is 54.6 Å². The molecule has 0 fully saturated rings. The summed E-state index contributed by atoms with van der Waals surface area (Å²) in [7, 11) is 0. The van der Waals surface area contributed by atoms with Gasteiger partial charge in [0.1, 0.15) is 0 Å². The number of hydrogen-bond acceptors (Lipinski definition) is 2. The lowest BCUT2D eigenvalue weighted by Crippen LogP contribution is -2.00. The van der Waals surface area contributed by atoms with Crippen molar-refractivity contribution in [3.8, 4) is 0 Å². The van der Waals surface area contributed by atoms with E-state index in [4.69, 9.17) is 0 Å². The number of rotatable bonds is 3. The number of halogens is 1. The molecule has 0 aliphatic rings. The molecular weight excluding hydrogens is 342 g/mol. The molecule has 1 aromatic heterocycles. The van der Waals surface area contributed by atoms with E-state index in [2.05, 4.69) is 20.9 Å². The maximum atomic E-state index is 11.5. The van der Waals surface area contributed by atoms with Crippen LogP contribution < -0.4 is 0 Å². The van der Waals surface area contributed by atoms with E-state index in [1.54, 1.807) is 12.1 Å². The Morgan fingerprint density at radius 1 is 1.05 bits per heavy atom. The second kappa shape index (κ2) is 6.12.